The molecule has 2 aromatic carbocycles. The zero-order valence-corrected chi connectivity index (χ0v) is 20.2. The molecular formula is C25H23IrN2O3-. The van der Waals surface area contributed by atoms with E-state index in [0.717, 1.165) is 33.7 Å². The standard InChI is InChI=1S/C20H15N2O.C5H8O2.Ir/c1-13-8-14(2)10-16(9-13)19-20-17(21-12-22-19)11-18(23-20)15-6-4-3-5-7-15;1-4(6)3-5(2)7;/h3-9,11-12H,1-2H3;3,6H,1-2H3;/q-1;;/b;4-3-;. The van der Waals surface area contributed by atoms with Crippen molar-refractivity contribution in [2.45, 2.75) is 27.7 Å². The van der Waals surface area contributed by atoms with Crippen LogP contribution in [-0.4, -0.2) is 20.9 Å². The van der Waals surface area contributed by atoms with Gasteiger partial charge in [-0.3, -0.25) is 9.78 Å². The Bertz CT molecular complexity index is 1190. The van der Waals surface area contributed by atoms with Gasteiger partial charge in [-0.2, -0.15) is 0 Å². The fourth-order valence-corrected chi connectivity index (χ4v) is 3.11. The fourth-order valence-electron chi connectivity index (χ4n) is 3.11. The van der Waals surface area contributed by atoms with Crippen molar-refractivity contribution in [3.05, 3.63) is 83.9 Å². The minimum absolute atomic E-state index is 0. The molecule has 0 amide bonds. The van der Waals surface area contributed by atoms with Gasteiger partial charge in [-0.1, -0.05) is 44.2 Å². The minimum Gasteiger partial charge on any atom is -0.512 e. The molecule has 0 spiro atoms. The number of allylic oxidation sites excluding steroid dienone is 2. The SMILES string of the molecule is CC(=O)/C=C(/C)O.Cc1[c-]c(-c2ncnc3cc(-c4ccccc4)oc23)cc(C)c1.[Ir]. The molecule has 0 saturated carbocycles. The summed E-state index contributed by atoms with van der Waals surface area (Å²) in [5, 5.41) is 8.36. The Morgan fingerprint density at radius 1 is 1.06 bits per heavy atom. The average molecular weight is 592 g/mol. The first kappa shape index (κ1) is 24.2. The number of carbonyl (C=O) groups excluding carboxylic acids is 1. The molecule has 2 heterocycles. The van der Waals surface area contributed by atoms with Crippen molar-refractivity contribution in [1.29, 1.82) is 0 Å². The molecule has 5 nitrogen and oxygen atoms in total. The summed E-state index contributed by atoms with van der Waals surface area (Å²) in [5.41, 5.74) is 6.52. The number of aliphatic hydroxyl groups excluding tert-OH is 1. The fraction of sp³-hybridized carbons (Fsp3) is 0.160. The van der Waals surface area contributed by atoms with Crippen LogP contribution in [0.4, 0.5) is 0 Å². The third-order valence-electron chi connectivity index (χ3n) is 4.18. The number of benzene rings is 2. The van der Waals surface area contributed by atoms with E-state index >= 15 is 0 Å². The van der Waals surface area contributed by atoms with E-state index in [2.05, 4.69) is 35.1 Å². The number of ketones is 1. The van der Waals surface area contributed by atoms with E-state index < -0.39 is 0 Å². The molecule has 0 saturated heterocycles. The Morgan fingerprint density at radius 2 is 1.77 bits per heavy atom. The summed E-state index contributed by atoms with van der Waals surface area (Å²) in [6.07, 6.45) is 2.74. The molecular weight excluding hydrogens is 569 g/mol. The first-order valence-corrected chi connectivity index (χ1v) is 9.52. The smallest absolute Gasteiger partial charge is 0.155 e. The molecule has 0 atom stereocenters. The number of nitrogens with zero attached hydrogens (tertiary/aromatic N) is 2. The van der Waals surface area contributed by atoms with Crippen molar-refractivity contribution in [2.75, 3.05) is 0 Å². The van der Waals surface area contributed by atoms with Gasteiger partial charge in [0.1, 0.15) is 23.2 Å². The largest absolute Gasteiger partial charge is 0.512 e. The van der Waals surface area contributed by atoms with Crippen molar-refractivity contribution in [3.8, 4) is 22.6 Å². The molecule has 0 unspecified atom stereocenters. The number of carbonyl (C=O) groups is 1. The van der Waals surface area contributed by atoms with Crippen LogP contribution < -0.4 is 0 Å². The molecule has 4 rings (SSSR count). The zero-order valence-electron chi connectivity index (χ0n) is 17.8. The summed E-state index contributed by atoms with van der Waals surface area (Å²) in [6.45, 7) is 6.95. The van der Waals surface area contributed by atoms with E-state index in [4.69, 9.17) is 9.52 Å². The van der Waals surface area contributed by atoms with Gasteiger partial charge in [-0.25, -0.2) is 4.98 Å². The number of hydrogen-bond donors (Lipinski definition) is 1. The normalized spacial score (nSPS) is 10.8. The number of fused-ring (bicyclic) bond motifs is 1. The van der Waals surface area contributed by atoms with Crippen LogP contribution >= 0.6 is 0 Å². The molecule has 6 heteroatoms. The Morgan fingerprint density at radius 3 is 2.35 bits per heavy atom. The van der Waals surface area contributed by atoms with Crippen molar-refractivity contribution >= 4 is 16.9 Å². The maximum Gasteiger partial charge on any atom is 0.155 e. The second-order valence-corrected chi connectivity index (χ2v) is 7.06. The number of aryl methyl sites for hydroxylation is 2. The Kier molecular flexibility index (Phi) is 8.43. The molecule has 31 heavy (non-hydrogen) atoms. The van der Waals surface area contributed by atoms with Crippen LogP contribution in [0.5, 0.6) is 0 Å². The van der Waals surface area contributed by atoms with Crippen LogP contribution in [0.25, 0.3) is 33.7 Å². The van der Waals surface area contributed by atoms with Crippen molar-refractivity contribution < 1.29 is 34.4 Å². The van der Waals surface area contributed by atoms with Gasteiger partial charge in [-0.15, -0.1) is 34.9 Å². The number of aliphatic hydroxyl groups is 1. The third kappa shape index (κ3) is 6.45. The first-order chi connectivity index (χ1) is 14.3. The first-order valence-electron chi connectivity index (χ1n) is 9.52. The average Bonchev–Trinajstić information content (AvgIpc) is 3.11. The maximum absolute atomic E-state index is 10.0. The summed E-state index contributed by atoms with van der Waals surface area (Å²) < 4.78 is 6.07. The van der Waals surface area contributed by atoms with E-state index in [0.29, 0.717) is 5.58 Å². The summed E-state index contributed by atoms with van der Waals surface area (Å²) in [6, 6.07) is 19.5. The number of hydrogen-bond acceptors (Lipinski definition) is 5. The second-order valence-electron chi connectivity index (χ2n) is 7.06. The molecule has 4 aromatic rings. The molecule has 161 valence electrons. The summed E-state index contributed by atoms with van der Waals surface area (Å²) >= 11 is 0. The molecule has 0 bridgehead atoms. The zero-order chi connectivity index (χ0) is 21.7. The van der Waals surface area contributed by atoms with Gasteiger partial charge in [0.25, 0.3) is 0 Å². The van der Waals surface area contributed by atoms with Crippen LogP contribution in [0.1, 0.15) is 25.0 Å². The van der Waals surface area contributed by atoms with Crippen LogP contribution in [0, 0.1) is 19.9 Å². The number of furan rings is 1. The van der Waals surface area contributed by atoms with Crippen LogP contribution in [0.3, 0.4) is 0 Å². The molecule has 0 aliphatic heterocycles. The van der Waals surface area contributed by atoms with Gasteiger partial charge >= 0.3 is 0 Å². The van der Waals surface area contributed by atoms with E-state index in [1.807, 2.05) is 43.3 Å². The van der Waals surface area contributed by atoms with E-state index in [1.54, 1.807) is 6.33 Å². The Labute approximate surface area is 195 Å². The van der Waals surface area contributed by atoms with Gasteiger partial charge in [0.05, 0.1) is 5.76 Å². The van der Waals surface area contributed by atoms with Gasteiger partial charge < -0.3 is 9.52 Å². The van der Waals surface area contributed by atoms with Crippen molar-refractivity contribution in [1.82, 2.24) is 9.97 Å². The van der Waals surface area contributed by atoms with E-state index in [1.165, 1.54) is 25.5 Å². The molecule has 2 aromatic heterocycles. The molecule has 0 aliphatic rings. The number of aromatic nitrogens is 2. The van der Waals surface area contributed by atoms with E-state index in [9.17, 15) is 4.79 Å². The Hall–Kier alpha value is -3.08. The minimum atomic E-state index is -0.125. The van der Waals surface area contributed by atoms with Crippen molar-refractivity contribution in [3.63, 3.8) is 0 Å². The molecule has 0 fully saturated rings. The molecule has 1 N–H and O–H groups in total. The molecule has 1 radical (unpaired) electrons. The van der Waals surface area contributed by atoms with Gasteiger partial charge in [0.15, 0.2) is 5.78 Å². The van der Waals surface area contributed by atoms with Gasteiger partial charge in [0.2, 0.25) is 0 Å². The predicted octanol–water partition coefficient (Wildman–Crippen LogP) is 6.01. The van der Waals surface area contributed by atoms with Gasteiger partial charge in [-0.05, 0) is 13.8 Å². The van der Waals surface area contributed by atoms with Crippen LogP contribution in [0.2, 0.25) is 0 Å². The number of rotatable bonds is 3. The van der Waals surface area contributed by atoms with Gasteiger partial charge in [0, 0.05) is 43.5 Å². The van der Waals surface area contributed by atoms with Crippen LogP contribution in [0.15, 0.2) is 71.1 Å². The van der Waals surface area contributed by atoms with Crippen molar-refractivity contribution in [2.24, 2.45) is 0 Å². The topological polar surface area (TPSA) is 76.2 Å². The molecule has 0 aliphatic carbocycles. The quantitative estimate of drug-likeness (QED) is 0.180. The maximum atomic E-state index is 10.0. The third-order valence-corrected chi connectivity index (χ3v) is 4.18. The summed E-state index contributed by atoms with van der Waals surface area (Å²) in [5.74, 6) is 0.735. The predicted molar refractivity (Wildman–Crippen MR) is 118 cm³/mol. The summed E-state index contributed by atoms with van der Waals surface area (Å²) in [7, 11) is 0. The monoisotopic (exact) mass is 592 g/mol. The second kappa shape index (κ2) is 10.8. The van der Waals surface area contributed by atoms with E-state index in [-0.39, 0.29) is 31.6 Å². The Balaban J connectivity index is 0.000000373. The van der Waals surface area contributed by atoms with Crippen LogP contribution in [-0.2, 0) is 24.9 Å². The summed E-state index contributed by atoms with van der Waals surface area (Å²) in [4.78, 5) is 18.8.